The number of esters is 1. The molecule has 4 heteroatoms. The topological polar surface area (TPSA) is 52.6 Å². The van der Waals surface area contributed by atoms with E-state index in [1.54, 1.807) is 13.0 Å². The number of aryl methyl sites for hydroxylation is 1. The van der Waals surface area contributed by atoms with Crippen LogP contribution < -0.4 is 0 Å². The van der Waals surface area contributed by atoms with E-state index in [1.807, 2.05) is 24.3 Å². The van der Waals surface area contributed by atoms with Gasteiger partial charge in [-0.2, -0.15) is 0 Å². The Morgan fingerprint density at radius 2 is 2.05 bits per heavy atom. The van der Waals surface area contributed by atoms with E-state index in [1.165, 1.54) is 6.26 Å². The van der Waals surface area contributed by atoms with Crippen molar-refractivity contribution in [2.24, 2.45) is 0 Å². The highest BCUT2D eigenvalue weighted by Gasteiger charge is 2.25. The molecule has 0 saturated carbocycles. The zero-order valence-electron chi connectivity index (χ0n) is 11.1. The van der Waals surface area contributed by atoms with Crippen molar-refractivity contribution >= 4 is 11.8 Å². The van der Waals surface area contributed by atoms with Crippen molar-refractivity contribution in [3.8, 4) is 0 Å². The van der Waals surface area contributed by atoms with Gasteiger partial charge in [0.25, 0.3) is 6.29 Å². The van der Waals surface area contributed by atoms with Crippen molar-refractivity contribution < 1.29 is 19.1 Å². The lowest BCUT2D eigenvalue weighted by Gasteiger charge is -2.17. The van der Waals surface area contributed by atoms with E-state index in [-0.39, 0.29) is 11.8 Å². The van der Waals surface area contributed by atoms with Crippen molar-refractivity contribution in [2.45, 2.75) is 26.1 Å². The highest BCUT2D eigenvalue weighted by Crippen LogP contribution is 2.25. The van der Waals surface area contributed by atoms with Crippen molar-refractivity contribution in [1.29, 1.82) is 0 Å². The largest absolute Gasteiger partial charge is 0.458 e. The lowest BCUT2D eigenvalue weighted by atomic mass is 9.87. The maximum absolute atomic E-state index is 12.3. The first-order chi connectivity index (χ1) is 9.65. The van der Waals surface area contributed by atoms with Gasteiger partial charge in [0.05, 0.1) is 6.26 Å². The predicted molar refractivity (Wildman–Crippen MR) is 71.9 cm³/mol. The number of fused-ring (bicyclic) bond motifs is 1. The van der Waals surface area contributed by atoms with Crippen LogP contribution in [0, 0.1) is 0 Å². The molecule has 0 N–H and O–H groups in total. The third kappa shape index (κ3) is 2.25. The molecule has 2 aliphatic rings. The van der Waals surface area contributed by atoms with Crippen LogP contribution in [0.3, 0.4) is 0 Å². The second-order valence-corrected chi connectivity index (χ2v) is 4.89. The van der Waals surface area contributed by atoms with Gasteiger partial charge in [-0.15, -0.1) is 0 Å². The minimum Gasteiger partial charge on any atom is -0.458 e. The molecule has 1 aliphatic heterocycles. The fraction of sp³-hybridized carbons (Fsp3) is 0.250. The molecule has 1 aromatic rings. The molecule has 4 nitrogen and oxygen atoms in total. The number of benzene rings is 1. The molecule has 1 aromatic carbocycles. The molecule has 0 aromatic heterocycles. The van der Waals surface area contributed by atoms with Gasteiger partial charge in [0.15, 0.2) is 5.78 Å². The van der Waals surface area contributed by atoms with Crippen LogP contribution in [0.15, 0.2) is 47.7 Å². The van der Waals surface area contributed by atoms with Crippen molar-refractivity contribution in [1.82, 2.24) is 0 Å². The summed E-state index contributed by atoms with van der Waals surface area (Å²) in [6.07, 6.45) is 3.75. The number of rotatable bonds is 2. The molecule has 0 amide bonds. The Bertz CT molecular complexity index is 640. The third-order valence-corrected chi connectivity index (χ3v) is 3.49. The average Bonchev–Trinajstić information content (AvgIpc) is 2.77. The summed E-state index contributed by atoms with van der Waals surface area (Å²) in [7, 11) is 0. The molecule has 20 heavy (non-hydrogen) atoms. The first kappa shape index (κ1) is 12.7. The van der Waals surface area contributed by atoms with Crippen LogP contribution in [0.5, 0.6) is 0 Å². The van der Waals surface area contributed by atoms with Crippen molar-refractivity contribution in [2.75, 3.05) is 0 Å². The smallest absolute Gasteiger partial charge is 0.336 e. The summed E-state index contributed by atoms with van der Waals surface area (Å²) in [5.41, 5.74) is 2.92. The van der Waals surface area contributed by atoms with Crippen molar-refractivity contribution in [3.05, 3.63) is 58.9 Å². The first-order valence-electron chi connectivity index (χ1n) is 6.51. The summed E-state index contributed by atoms with van der Waals surface area (Å²) >= 11 is 0. The molecule has 0 fully saturated rings. The van der Waals surface area contributed by atoms with Crippen LogP contribution in [0.2, 0.25) is 0 Å². The number of Topliss-reactive ketones (excluding diaryl/α,β-unsaturated/α-hetero) is 1. The van der Waals surface area contributed by atoms with Gasteiger partial charge >= 0.3 is 5.97 Å². The van der Waals surface area contributed by atoms with Crippen LogP contribution in [-0.4, -0.2) is 18.0 Å². The van der Waals surface area contributed by atoms with Gasteiger partial charge in [-0.1, -0.05) is 24.3 Å². The van der Waals surface area contributed by atoms with Crippen LogP contribution in [0.4, 0.5) is 0 Å². The Morgan fingerprint density at radius 1 is 1.25 bits per heavy atom. The lowest BCUT2D eigenvalue weighted by molar-refractivity contribution is -0.152. The molecule has 1 heterocycles. The van der Waals surface area contributed by atoms with E-state index in [0.29, 0.717) is 17.6 Å². The van der Waals surface area contributed by atoms with E-state index in [9.17, 15) is 9.59 Å². The van der Waals surface area contributed by atoms with Crippen LogP contribution in [-0.2, 0) is 20.7 Å². The molecule has 3 rings (SSSR count). The van der Waals surface area contributed by atoms with Gasteiger partial charge in [-0.25, -0.2) is 4.79 Å². The molecule has 1 atom stereocenters. The number of ether oxygens (including phenoxy) is 2. The number of ketones is 1. The lowest BCUT2D eigenvalue weighted by Crippen LogP contribution is -2.16. The zero-order chi connectivity index (χ0) is 14.1. The maximum atomic E-state index is 12.3. The second kappa shape index (κ2) is 4.96. The quantitative estimate of drug-likeness (QED) is 0.471. The molecule has 0 saturated heterocycles. The van der Waals surface area contributed by atoms with E-state index < -0.39 is 6.29 Å². The highest BCUT2D eigenvalue weighted by atomic mass is 16.7. The van der Waals surface area contributed by atoms with Crippen LogP contribution >= 0.6 is 0 Å². The minimum absolute atomic E-state index is 0.0168. The number of hydrogen-bond donors (Lipinski definition) is 0. The van der Waals surface area contributed by atoms with E-state index in [4.69, 9.17) is 9.47 Å². The molecule has 1 unspecified atom stereocenters. The first-order valence-corrected chi connectivity index (χ1v) is 6.51. The SMILES string of the molecule is CC1=CC(O/C=C2/CCc3ccccc3C2=O)OC1=O. The normalized spacial score (nSPS) is 23.4. The number of carbonyl (C=O) groups is 2. The standard InChI is InChI=1S/C16H14O4/c1-10-8-14(20-16(10)18)19-9-12-7-6-11-4-2-3-5-13(11)15(12)17/h2-5,8-9,14H,6-7H2,1H3/b12-9-. The Morgan fingerprint density at radius 3 is 2.80 bits per heavy atom. The summed E-state index contributed by atoms with van der Waals surface area (Å²) < 4.78 is 10.3. The number of carbonyl (C=O) groups excluding carboxylic acids is 2. The van der Waals surface area contributed by atoms with Crippen molar-refractivity contribution in [3.63, 3.8) is 0 Å². The fourth-order valence-electron chi connectivity index (χ4n) is 2.35. The number of hydrogen-bond acceptors (Lipinski definition) is 4. The summed E-state index contributed by atoms with van der Waals surface area (Å²) in [4.78, 5) is 23.5. The Balaban J connectivity index is 1.75. The molecule has 0 bridgehead atoms. The third-order valence-electron chi connectivity index (χ3n) is 3.49. The van der Waals surface area contributed by atoms with Gasteiger partial charge < -0.3 is 9.47 Å². The van der Waals surface area contributed by atoms with Gasteiger partial charge in [-0.3, -0.25) is 4.79 Å². The van der Waals surface area contributed by atoms with E-state index in [2.05, 4.69) is 0 Å². The monoisotopic (exact) mass is 270 g/mol. The number of allylic oxidation sites excluding steroid dienone is 1. The predicted octanol–water partition coefficient (Wildman–Crippen LogP) is 2.55. The summed E-state index contributed by atoms with van der Waals surface area (Å²) in [6.45, 7) is 1.67. The van der Waals surface area contributed by atoms with Gasteiger partial charge in [0.2, 0.25) is 0 Å². The maximum Gasteiger partial charge on any atom is 0.336 e. The van der Waals surface area contributed by atoms with Crippen LogP contribution in [0.25, 0.3) is 0 Å². The minimum atomic E-state index is -0.722. The summed E-state index contributed by atoms with van der Waals surface area (Å²) in [6, 6.07) is 7.58. The van der Waals surface area contributed by atoms with E-state index >= 15 is 0 Å². The van der Waals surface area contributed by atoms with Gasteiger partial charge in [0.1, 0.15) is 0 Å². The average molecular weight is 270 g/mol. The zero-order valence-corrected chi connectivity index (χ0v) is 11.1. The van der Waals surface area contributed by atoms with Gasteiger partial charge in [0, 0.05) is 22.8 Å². The van der Waals surface area contributed by atoms with Gasteiger partial charge in [-0.05, 0) is 25.3 Å². The second-order valence-electron chi connectivity index (χ2n) is 4.89. The number of cyclic esters (lactones) is 1. The molecule has 0 radical (unpaired) electrons. The van der Waals surface area contributed by atoms with E-state index in [0.717, 1.165) is 17.5 Å². The molecular formula is C16H14O4. The summed E-state index contributed by atoms with van der Waals surface area (Å²) in [5, 5.41) is 0. The Labute approximate surface area is 116 Å². The Kier molecular flexibility index (Phi) is 3.14. The fourth-order valence-corrected chi connectivity index (χ4v) is 2.35. The molecule has 102 valence electrons. The molecular weight excluding hydrogens is 256 g/mol. The molecule has 1 aliphatic carbocycles. The van der Waals surface area contributed by atoms with Crippen LogP contribution in [0.1, 0.15) is 29.3 Å². The highest BCUT2D eigenvalue weighted by molar-refractivity contribution is 6.10. The molecule has 0 spiro atoms. The summed E-state index contributed by atoms with van der Waals surface area (Å²) in [5.74, 6) is -0.398. The Hall–Kier alpha value is -2.36.